The zero-order valence-corrected chi connectivity index (χ0v) is 13.1. The Labute approximate surface area is 132 Å². The van der Waals surface area contributed by atoms with Gasteiger partial charge in [-0.2, -0.15) is 0 Å². The van der Waals surface area contributed by atoms with Crippen molar-refractivity contribution in [2.45, 2.75) is 0 Å². The number of fused-ring (bicyclic) bond motifs is 3. The minimum atomic E-state index is -0.0446. The van der Waals surface area contributed by atoms with E-state index in [0.717, 1.165) is 19.7 Å². The molecule has 102 valence electrons. The predicted molar refractivity (Wildman–Crippen MR) is 88.8 cm³/mol. The van der Waals surface area contributed by atoms with Crippen molar-refractivity contribution in [1.82, 2.24) is 4.98 Å². The molecule has 4 aromatic rings. The zero-order chi connectivity index (χ0) is 14.4. The van der Waals surface area contributed by atoms with Gasteiger partial charge in [-0.25, -0.2) is 4.98 Å². The van der Waals surface area contributed by atoms with Crippen LogP contribution in [0.5, 0.6) is 0 Å². The Bertz CT molecular complexity index is 1020. The van der Waals surface area contributed by atoms with E-state index in [9.17, 15) is 4.79 Å². The SMILES string of the molecule is O=c1cc(-c2ccccc2)oc2ccc3nc(Br)sc3c12. The van der Waals surface area contributed by atoms with Crippen molar-refractivity contribution in [3.63, 3.8) is 0 Å². The van der Waals surface area contributed by atoms with E-state index < -0.39 is 0 Å². The molecule has 0 radical (unpaired) electrons. The fraction of sp³-hybridized carbons (Fsp3) is 0. The molecule has 5 heteroatoms. The van der Waals surface area contributed by atoms with E-state index in [-0.39, 0.29) is 5.43 Å². The molecule has 0 aliphatic carbocycles. The number of nitrogens with zero attached hydrogens (tertiary/aromatic N) is 1. The average Bonchev–Trinajstić information content (AvgIpc) is 2.88. The monoisotopic (exact) mass is 357 g/mol. The Morgan fingerprint density at radius 2 is 1.90 bits per heavy atom. The molecule has 0 spiro atoms. The maximum atomic E-state index is 12.5. The maximum absolute atomic E-state index is 12.5. The lowest BCUT2D eigenvalue weighted by atomic mass is 10.1. The molecule has 3 nitrogen and oxygen atoms in total. The van der Waals surface area contributed by atoms with Crippen LogP contribution in [0.4, 0.5) is 0 Å². The molecule has 0 bridgehead atoms. The van der Waals surface area contributed by atoms with Crippen LogP contribution in [-0.2, 0) is 0 Å². The van der Waals surface area contributed by atoms with Gasteiger partial charge in [0.1, 0.15) is 11.3 Å². The smallest absolute Gasteiger partial charge is 0.194 e. The van der Waals surface area contributed by atoms with Gasteiger partial charge in [0.15, 0.2) is 9.35 Å². The molecule has 0 saturated heterocycles. The maximum Gasteiger partial charge on any atom is 0.194 e. The third-order valence-corrected chi connectivity index (χ3v) is 4.82. The van der Waals surface area contributed by atoms with Gasteiger partial charge in [0.2, 0.25) is 0 Å². The highest BCUT2D eigenvalue weighted by Crippen LogP contribution is 2.32. The number of halogens is 1. The van der Waals surface area contributed by atoms with Crippen molar-refractivity contribution in [2.24, 2.45) is 0 Å². The van der Waals surface area contributed by atoms with Gasteiger partial charge in [-0.1, -0.05) is 30.3 Å². The van der Waals surface area contributed by atoms with Gasteiger partial charge in [0, 0.05) is 11.6 Å². The molecule has 2 aromatic carbocycles. The second-order valence-electron chi connectivity index (χ2n) is 4.59. The van der Waals surface area contributed by atoms with E-state index in [1.165, 1.54) is 11.3 Å². The minimum absolute atomic E-state index is 0.0446. The highest BCUT2D eigenvalue weighted by Gasteiger charge is 2.12. The average molecular weight is 358 g/mol. The van der Waals surface area contributed by atoms with Gasteiger partial charge in [-0.15, -0.1) is 11.3 Å². The van der Waals surface area contributed by atoms with Gasteiger partial charge < -0.3 is 4.42 Å². The summed E-state index contributed by atoms with van der Waals surface area (Å²) in [6, 6.07) is 14.8. The number of aromatic nitrogens is 1. The summed E-state index contributed by atoms with van der Waals surface area (Å²) in [5.41, 5.74) is 2.24. The van der Waals surface area contributed by atoms with Crippen molar-refractivity contribution in [3.05, 3.63) is 62.7 Å². The molecule has 0 fully saturated rings. The zero-order valence-electron chi connectivity index (χ0n) is 10.7. The van der Waals surface area contributed by atoms with Gasteiger partial charge >= 0.3 is 0 Å². The van der Waals surface area contributed by atoms with E-state index in [1.54, 1.807) is 12.1 Å². The van der Waals surface area contributed by atoms with Crippen LogP contribution in [0.3, 0.4) is 0 Å². The molecule has 0 aliphatic rings. The van der Waals surface area contributed by atoms with Crippen LogP contribution in [0.1, 0.15) is 0 Å². The molecule has 2 aromatic heterocycles. The summed E-state index contributed by atoms with van der Waals surface area (Å²) in [6.45, 7) is 0. The number of benzene rings is 2. The lowest BCUT2D eigenvalue weighted by Crippen LogP contribution is -2.00. The third-order valence-electron chi connectivity index (χ3n) is 3.28. The Hall–Kier alpha value is -1.98. The van der Waals surface area contributed by atoms with Crippen LogP contribution in [0.15, 0.2) is 61.7 Å². The standard InChI is InChI=1S/C16H8BrNO2S/c17-16-18-10-6-7-12-14(15(10)21-16)11(19)8-13(20-12)9-4-2-1-3-5-9/h1-8H. The molecule has 0 saturated carbocycles. The van der Waals surface area contributed by atoms with E-state index in [4.69, 9.17) is 4.42 Å². The predicted octanol–water partition coefficient (Wildman–Crippen LogP) is 4.83. The second kappa shape index (κ2) is 4.79. The summed E-state index contributed by atoms with van der Waals surface area (Å²) < 4.78 is 7.52. The van der Waals surface area contributed by atoms with Gasteiger partial charge in [-0.3, -0.25) is 4.79 Å². The number of rotatable bonds is 1. The Balaban J connectivity index is 2.08. The first kappa shape index (κ1) is 12.7. The molecule has 0 amide bonds. The number of hydrogen-bond donors (Lipinski definition) is 0. The summed E-state index contributed by atoms with van der Waals surface area (Å²) in [7, 11) is 0. The summed E-state index contributed by atoms with van der Waals surface area (Å²) in [6.07, 6.45) is 0. The van der Waals surface area contributed by atoms with Crippen LogP contribution >= 0.6 is 27.3 Å². The van der Waals surface area contributed by atoms with Crippen LogP contribution in [0, 0.1) is 0 Å². The minimum Gasteiger partial charge on any atom is -0.456 e. The Kier molecular flexibility index (Phi) is 2.90. The first-order valence-corrected chi connectivity index (χ1v) is 7.92. The Morgan fingerprint density at radius 1 is 1.10 bits per heavy atom. The summed E-state index contributed by atoms with van der Waals surface area (Å²) >= 11 is 4.80. The fourth-order valence-electron chi connectivity index (χ4n) is 2.35. The molecule has 0 atom stereocenters. The highest BCUT2D eigenvalue weighted by molar-refractivity contribution is 9.11. The fourth-order valence-corrected chi connectivity index (χ4v) is 3.86. The van der Waals surface area contributed by atoms with Crippen molar-refractivity contribution in [2.75, 3.05) is 0 Å². The van der Waals surface area contributed by atoms with Crippen molar-refractivity contribution in [3.8, 4) is 11.3 Å². The van der Waals surface area contributed by atoms with Gasteiger partial charge in [-0.05, 0) is 28.1 Å². The lowest BCUT2D eigenvalue weighted by Gasteiger charge is -2.03. The summed E-state index contributed by atoms with van der Waals surface area (Å²) in [5.74, 6) is 0.580. The van der Waals surface area contributed by atoms with E-state index in [2.05, 4.69) is 20.9 Å². The third kappa shape index (κ3) is 2.09. The molecular formula is C16H8BrNO2S. The van der Waals surface area contributed by atoms with E-state index in [1.807, 2.05) is 36.4 Å². The first-order valence-electron chi connectivity index (χ1n) is 6.31. The second-order valence-corrected chi connectivity index (χ2v) is 6.87. The van der Waals surface area contributed by atoms with Crippen LogP contribution < -0.4 is 5.43 Å². The Morgan fingerprint density at radius 3 is 2.71 bits per heavy atom. The van der Waals surface area contributed by atoms with Crippen molar-refractivity contribution < 1.29 is 4.42 Å². The lowest BCUT2D eigenvalue weighted by molar-refractivity contribution is 0.619. The molecule has 0 aliphatic heterocycles. The van der Waals surface area contributed by atoms with Gasteiger partial charge in [0.05, 0.1) is 15.6 Å². The first-order chi connectivity index (χ1) is 10.2. The molecule has 4 rings (SSSR count). The molecule has 2 heterocycles. The molecule has 0 N–H and O–H groups in total. The largest absolute Gasteiger partial charge is 0.456 e. The van der Waals surface area contributed by atoms with Crippen LogP contribution in [-0.4, -0.2) is 4.98 Å². The highest BCUT2D eigenvalue weighted by atomic mass is 79.9. The van der Waals surface area contributed by atoms with Crippen LogP contribution in [0.2, 0.25) is 0 Å². The van der Waals surface area contributed by atoms with Crippen molar-refractivity contribution >= 4 is 48.5 Å². The number of thiazole rings is 1. The normalized spacial score (nSPS) is 11.3. The van der Waals surface area contributed by atoms with E-state index >= 15 is 0 Å². The van der Waals surface area contributed by atoms with Gasteiger partial charge in [0.25, 0.3) is 0 Å². The molecule has 0 unspecified atom stereocenters. The molecular weight excluding hydrogens is 350 g/mol. The van der Waals surface area contributed by atoms with Crippen LogP contribution in [0.25, 0.3) is 32.5 Å². The number of hydrogen-bond acceptors (Lipinski definition) is 4. The van der Waals surface area contributed by atoms with E-state index in [0.29, 0.717) is 16.7 Å². The summed E-state index contributed by atoms with van der Waals surface area (Å²) in [4.78, 5) is 16.8. The molecule has 21 heavy (non-hydrogen) atoms. The summed E-state index contributed by atoms with van der Waals surface area (Å²) in [5, 5.41) is 0.593. The van der Waals surface area contributed by atoms with Crippen molar-refractivity contribution in [1.29, 1.82) is 0 Å². The topological polar surface area (TPSA) is 43.1 Å². The quantitative estimate of drug-likeness (QED) is 0.489.